The van der Waals surface area contributed by atoms with E-state index in [4.69, 9.17) is 9.26 Å². The SMILES string of the molecule is C[C@@H]1CN[C@H](c2nc(-c3ccc(-n4cccn4)nc3)no2)CO1. The first kappa shape index (κ1) is 14.0. The Balaban J connectivity index is 1.52. The van der Waals surface area contributed by atoms with Gasteiger partial charge in [-0.25, -0.2) is 9.67 Å². The van der Waals surface area contributed by atoms with E-state index in [2.05, 4.69) is 25.5 Å². The molecule has 0 aromatic carbocycles. The second-order valence-electron chi connectivity index (χ2n) is 5.42. The van der Waals surface area contributed by atoms with Gasteiger partial charge in [-0.05, 0) is 25.1 Å². The molecule has 1 N–H and O–H groups in total. The van der Waals surface area contributed by atoms with Crippen molar-refractivity contribution < 1.29 is 9.26 Å². The Bertz CT molecular complexity index is 760. The van der Waals surface area contributed by atoms with Gasteiger partial charge in [-0.15, -0.1) is 0 Å². The summed E-state index contributed by atoms with van der Waals surface area (Å²) < 4.78 is 12.6. The Labute approximate surface area is 132 Å². The number of rotatable bonds is 3. The van der Waals surface area contributed by atoms with Crippen LogP contribution < -0.4 is 5.32 Å². The van der Waals surface area contributed by atoms with Gasteiger partial charge in [0.15, 0.2) is 5.82 Å². The molecule has 4 heterocycles. The third-order valence-electron chi connectivity index (χ3n) is 3.68. The Hall–Kier alpha value is -2.58. The topological polar surface area (TPSA) is 90.9 Å². The van der Waals surface area contributed by atoms with Crippen molar-refractivity contribution in [3.63, 3.8) is 0 Å². The molecule has 1 fully saturated rings. The van der Waals surface area contributed by atoms with Crippen LogP contribution in [0, 0.1) is 0 Å². The first-order valence-corrected chi connectivity index (χ1v) is 7.44. The highest BCUT2D eigenvalue weighted by Crippen LogP contribution is 2.21. The quantitative estimate of drug-likeness (QED) is 0.781. The maximum Gasteiger partial charge on any atom is 0.246 e. The molecule has 0 radical (unpaired) electrons. The van der Waals surface area contributed by atoms with Crippen molar-refractivity contribution in [2.24, 2.45) is 0 Å². The van der Waals surface area contributed by atoms with E-state index >= 15 is 0 Å². The minimum atomic E-state index is -0.0660. The van der Waals surface area contributed by atoms with Crippen LogP contribution in [0.5, 0.6) is 0 Å². The average Bonchev–Trinajstić information content (AvgIpc) is 3.28. The van der Waals surface area contributed by atoms with E-state index in [0.29, 0.717) is 18.3 Å². The van der Waals surface area contributed by atoms with Crippen molar-refractivity contribution in [2.45, 2.75) is 19.1 Å². The fourth-order valence-corrected chi connectivity index (χ4v) is 2.40. The molecular weight excluding hydrogens is 296 g/mol. The Morgan fingerprint density at radius 1 is 1.35 bits per heavy atom. The lowest BCUT2D eigenvalue weighted by Gasteiger charge is -2.25. The summed E-state index contributed by atoms with van der Waals surface area (Å²) in [6.07, 6.45) is 5.46. The first-order chi connectivity index (χ1) is 11.3. The molecule has 0 amide bonds. The molecule has 1 aliphatic heterocycles. The molecule has 3 aromatic heterocycles. The third-order valence-corrected chi connectivity index (χ3v) is 3.68. The summed E-state index contributed by atoms with van der Waals surface area (Å²) in [5.41, 5.74) is 0.793. The Morgan fingerprint density at radius 2 is 2.30 bits per heavy atom. The molecule has 4 rings (SSSR count). The van der Waals surface area contributed by atoms with Crippen molar-refractivity contribution in [1.82, 2.24) is 30.2 Å². The van der Waals surface area contributed by atoms with Gasteiger partial charge in [0.05, 0.1) is 12.7 Å². The molecule has 8 heteroatoms. The smallest absolute Gasteiger partial charge is 0.246 e. The van der Waals surface area contributed by atoms with Crippen LogP contribution in [0.4, 0.5) is 0 Å². The molecule has 1 saturated heterocycles. The van der Waals surface area contributed by atoms with Crippen LogP contribution >= 0.6 is 0 Å². The predicted molar refractivity (Wildman–Crippen MR) is 80.8 cm³/mol. The zero-order valence-electron chi connectivity index (χ0n) is 12.6. The summed E-state index contributed by atoms with van der Waals surface area (Å²) in [5, 5.41) is 11.5. The monoisotopic (exact) mass is 312 g/mol. The maximum atomic E-state index is 5.60. The number of hydrogen-bond acceptors (Lipinski definition) is 7. The van der Waals surface area contributed by atoms with Crippen LogP contribution in [0.2, 0.25) is 0 Å². The zero-order chi connectivity index (χ0) is 15.6. The van der Waals surface area contributed by atoms with Crippen LogP contribution in [0.15, 0.2) is 41.3 Å². The molecule has 8 nitrogen and oxygen atoms in total. The minimum absolute atomic E-state index is 0.0660. The van der Waals surface area contributed by atoms with Crippen molar-refractivity contribution in [3.05, 3.63) is 42.7 Å². The van der Waals surface area contributed by atoms with Crippen molar-refractivity contribution in [1.29, 1.82) is 0 Å². The molecule has 118 valence electrons. The summed E-state index contributed by atoms with van der Waals surface area (Å²) in [5.74, 6) is 1.78. The molecule has 2 atom stereocenters. The van der Waals surface area contributed by atoms with Crippen molar-refractivity contribution in [2.75, 3.05) is 13.2 Å². The van der Waals surface area contributed by atoms with Gasteiger partial charge in [0.25, 0.3) is 0 Å². The van der Waals surface area contributed by atoms with Gasteiger partial charge in [-0.2, -0.15) is 10.1 Å². The standard InChI is InChI=1S/C15H16N6O2/c1-10-7-16-12(9-22-10)15-19-14(20-23-15)11-3-4-13(17-8-11)21-6-2-5-18-21/h2-6,8,10,12,16H,7,9H2,1H3/t10-,12+/m1/s1. The van der Waals surface area contributed by atoms with E-state index in [0.717, 1.165) is 17.9 Å². The molecule has 0 saturated carbocycles. The largest absolute Gasteiger partial charge is 0.375 e. The number of morpholine rings is 1. The van der Waals surface area contributed by atoms with Crippen molar-refractivity contribution >= 4 is 0 Å². The van der Waals surface area contributed by atoms with E-state index in [9.17, 15) is 0 Å². The van der Waals surface area contributed by atoms with E-state index in [1.165, 1.54) is 0 Å². The normalized spacial score (nSPS) is 21.4. The summed E-state index contributed by atoms with van der Waals surface area (Å²) in [6, 6.07) is 5.54. The first-order valence-electron chi connectivity index (χ1n) is 7.44. The summed E-state index contributed by atoms with van der Waals surface area (Å²) in [6.45, 7) is 3.32. The van der Waals surface area contributed by atoms with Gasteiger partial charge in [-0.3, -0.25) is 0 Å². The van der Waals surface area contributed by atoms with Crippen LogP contribution in [0.25, 0.3) is 17.2 Å². The van der Waals surface area contributed by atoms with Gasteiger partial charge < -0.3 is 14.6 Å². The van der Waals surface area contributed by atoms with Crippen LogP contribution in [0.3, 0.4) is 0 Å². The van der Waals surface area contributed by atoms with Gasteiger partial charge in [-0.1, -0.05) is 5.16 Å². The molecule has 0 spiro atoms. The van der Waals surface area contributed by atoms with E-state index in [1.807, 2.05) is 31.3 Å². The minimum Gasteiger partial charge on any atom is -0.375 e. The molecule has 1 aliphatic rings. The lowest BCUT2D eigenvalue weighted by Crippen LogP contribution is -2.39. The van der Waals surface area contributed by atoms with E-state index < -0.39 is 0 Å². The van der Waals surface area contributed by atoms with Crippen molar-refractivity contribution in [3.8, 4) is 17.2 Å². The highest BCUT2D eigenvalue weighted by Gasteiger charge is 2.24. The van der Waals surface area contributed by atoms with E-state index in [1.54, 1.807) is 17.1 Å². The Kier molecular flexibility index (Phi) is 3.60. The lowest BCUT2D eigenvalue weighted by molar-refractivity contribution is 0.00762. The van der Waals surface area contributed by atoms with Crippen LogP contribution in [-0.2, 0) is 4.74 Å². The summed E-state index contributed by atoms with van der Waals surface area (Å²) in [7, 11) is 0. The molecular formula is C15H16N6O2. The zero-order valence-corrected chi connectivity index (χ0v) is 12.6. The molecule has 0 aliphatic carbocycles. The second kappa shape index (κ2) is 5.90. The average molecular weight is 312 g/mol. The number of pyridine rings is 1. The highest BCUT2D eigenvalue weighted by atomic mass is 16.5. The van der Waals surface area contributed by atoms with Gasteiger partial charge in [0.2, 0.25) is 11.7 Å². The molecule has 0 bridgehead atoms. The number of ether oxygens (including phenoxy) is 1. The maximum absolute atomic E-state index is 5.60. The second-order valence-corrected chi connectivity index (χ2v) is 5.42. The van der Waals surface area contributed by atoms with Gasteiger partial charge in [0.1, 0.15) is 6.04 Å². The fraction of sp³-hybridized carbons (Fsp3) is 0.333. The van der Waals surface area contributed by atoms with Gasteiger partial charge in [0, 0.05) is 30.7 Å². The molecule has 3 aromatic rings. The molecule has 0 unspecified atom stereocenters. The molecule has 23 heavy (non-hydrogen) atoms. The number of nitrogens with zero attached hydrogens (tertiary/aromatic N) is 5. The third kappa shape index (κ3) is 2.86. The number of nitrogens with one attached hydrogen (secondary N) is 1. The van der Waals surface area contributed by atoms with Crippen LogP contribution in [-0.4, -0.2) is 44.2 Å². The highest BCUT2D eigenvalue weighted by molar-refractivity contribution is 5.53. The number of hydrogen-bond donors (Lipinski definition) is 1. The predicted octanol–water partition coefficient (Wildman–Crippen LogP) is 1.37. The number of aromatic nitrogens is 5. The summed E-state index contributed by atoms with van der Waals surface area (Å²) in [4.78, 5) is 8.81. The van der Waals surface area contributed by atoms with Crippen LogP contribution in [0.1, 0.15) is 18.9 Å². The lowest BCUT2D eigenvalue weighted by atomic mass is 10.2. The summed E-state index contributed by atoms with van der Waals surface area (Å²) >= 11 is 0. The Morgan fingerprint density at radius 3 is 3.00 bits per heavy atom. The van der Waals surface area contributed by atoms with E-state index in [-0.39, 0.29) is 12.1 Å². The fourth-order valence-electron chi connectivity index (χ4n) is 2.40. The van der Waals surface area contributed by atoms with Gasteiger partial charge >= 0.3 is 0 Å².